The number of hydrogen-bond donors (Lipinski definition) is 0. The van der Waals surface area contributed by atoms with E-state index in [1.54, 1.807) is 0 Å². The van der Waals surface area contributed by atoms with E-state index in [0.29, 0.717) is 0 Å². The van der Waals surface area contributed by atoms with Crippen molar-refractivity contribution in [1.82, 2.24) is 0 Å². The minimum Gasteiger partial charge on any atom is -0.0616 e. The Labute approximate surface area is 322 Å². The molecule has 0 heteroatoms. The maximum atomic E-state index is 2.43. The summed E-state index contributed by atoms with van der Waals surface area (Å²) in [4.78, 5) is 0. The van der Waals surface area contributed by atoms with E-state index >= 15 is 0 Å². The van der Waals surface area contributed by atoms with Gasteiger partial charge in [-0.15, -0.1) is 0 Å². The summed E-state index contributed by atoms with van der Waals surface area (Å²) >= 11 is 0. The van der Waals surface area contributed by atoms with Crippen LogP contribution in [0.1, 0.15) is 25.0 Å². The van der Waals surface area contributed by atoms with E-state index < -0.39 is 0 Å². The molecule has 0 bridgehead atoms. The number of benzene rings is 10. The molecule has 10 aromatic rings. The van der Waals surface area contributed by atoms with Gasteiger partial charge in [-0.3, -0.25) is 0 Å². The second kappa shape index (κ2) is 12.1. The highest BCUT2D eigenvalue weighted by Gasteiger charge is 2.37. The van der Waals surface area contributed by atoms with Crippen LogP contribution in [-0.2, 0) is 5.41 Å². The van der Waals surface area contributed by atoms with Gasteiger partial charge in [0.15, 0.2) is 0 Å². The fourth-order valence-corrected chi connectivity index (χ4v) is 9.60. The summed E-state index contributed by atoms with van der Waals surface area (Å²) in [5.74, 6) is 0. The highest BCUT2D eigenvalue weighted by molar-refractivity contribution is 6.21. The molecule has 0 aromatic heterocycles. The number of hydrogen-bond acceptors (Lipinski definition) is 0. The van der Waals surface area contributed by atoms with Gasteiger partial charge in [0.1, 0.15) is 0 Å². The first kappa shape index (κ1) is 31.7. The van der Waals surface area contributed by atoms with Crippen LogP contribution < -0.4 is 0 Å². The molecule has 0 aliphatic heterocycles. The number of fused-ring (bicyclic) bond motifs is 7. The molecule has 0 nitrogen and oxygen atoms in total. The predicted molar refractivity (Wildman–Crippen MR) is 236 cm³/mol. The van der Waals surface area contributed by atoms with Gasteiger partial charge >= 0.3 is 0 Å². The SMILES string of the molecule is CC1(C)c2cc3ccccc3cc2-c2cccc(-c3cccc(-c4c5ccccc5c(-c5ccc(-c6ccc7ccccc7c6)cc5)c5ccccc45)c3)c21. The Kier molecular flexibility index (Phi) is 7.00. The van der Waals surface area contributed by atoms with Gasteiger partial charge in [0.2, 0.25) is 0 Å². The van der Waals surface area contributed by atoms with Crippen LogP contribution in [0, 0.1) is 0 Å². The summed E-state index contributed by atoms with van der Waals surface area (Å²) in [7, 11) is 0. The zero-order chi connectivity index (χ0) is 36.7. The Morgan fingerprint density at radius 2 is 0.782 bits per heavy atom. The lowest BCUT2D eigenvalue weighted by molar-refractivity contribution is 0.663. The quantitative estimate of drug-likeness (QED) is 0.161. The molecule has 10 aromatic carbocycles. The minimum atomic E-state index is -0.133. The van der Waals surface area contributed by atoms with Crippen LogP contribution in [-0.4, -0.2) is 0 Å². The van der Waals surface area contributed by atoms with E-state index in [2.05, 4.69) is 208 Å². The molecule has 0 atom stereocenters. The van der Waals surface area contributed by atoms with Crippen molar-refractivity contribution in [3.8, 4) is 55.6 Å². The summed E-state index contributed by atoms with van der Waals surface area (Å²) in [5, 5.41) is 10.2. The van der Waals surface area contributed by atoms with Crippen LogP contribution in [0.3, 0.4) is 0 Å². The van der Waals surface area contributed by atoms with Crippen LogP contribution in [0.5, 0.6) is 0 Å². The average molecular weight is 699 g/mol. The van der Waals surface area contributed by atoms with Crippen molar-refractivity contribution in [3.05, 3.63) is 205 Å². The lowest BCUT2D eigenvalue weighted by Gasteiger charge is -2.25. The highest BCUT2D eigenvalue weighted by atomic mass is 14.4. The fourth-order valence-electron chi connectivity index (χ4n) is 9.60. The molecule has 0 unspecified atom stereocenters. The van der Waals surface area contributed by atoms with Gasteiger partial charge in [-0.25, -0.2) is 0 Å². The van der Waals surface area contributed by atoms with Crippen LogP contribution in [0.25, 0.3) is 98.7 Å². The van der Waals surface area contributed by atoms with Crippen molar-refractivity contribution < 1.29 is 0 Å². The molecule has 0 N–H and O–H groups in total. The van der Waals surface area contributed by atoms with E-state index in [4.69, 9.17) is 0 Å². The molecule has 0 radical (unpaired) electrons. The van der Waals surface area contributed by atoms with Gasteiger partial charge in [0.05, 0.1) is 0 Å². The molecule has 0 amide bonds. The van der Waals surface area contributed by atoms with Gasteiger partial charge < -0.3 is 0 Å². The molecule has 1 aliphatic carbocycles. The lowest BCUT2D eigenvalue weighted by Crippen LogP contribution is -2.16. The van der Waals surface area contributed by atoms with Crippen LogP contribution in [0.2, 0.25) is 0 Å². The molecule has 55 heavy (non-hydrogen) atoms. The zero-order valence-electron chi connectivity index (χ0n) is 31.0. The first-order chi connectivity index (χ1) is 27.0. The molecule has 0 spiro atoms. The molecule has 1 aliphatic rings. The Morgan fingerprint density at radius 3 is 1.45 bits per heavy atom. The number of rotatable bonds is 4. The maximum Gasteiger partial charge on any atom is 0.0165 e. The normalized spacial score (nSPS) is 13.1. The maximum absolute atomic E-state index is 2.43. The third-order valence-corrected chi connectivity index (χ3v) is 12.2. The molecule has 0 saturated carbocycles. The Bertz CT molecular complexity index is 3100. The predicted octanol–water partition coefficient (Wildman–Crippen LogP) is 15.3. The van der Waals surface area contributed by atoms with Crippen molar-refractivity contribution >= 4 is 43.1 Å². The first-order valence-electron chi connectivity index (χ1n) is 19.3. The third-order valence-electron chi connectivity index (χ3n) is 12.2. The van der Waals surface area contributed by atoms with E-state index in [1.807, 2.05) is 0 Å². The standard InChI is InChI=1S/C55H38/c1-55(2)51-34-40-16-6-5-15-39(40)33-50(51)49-24-12-23-44(54(49)55)42-17-11-18-43(32-42)53-47-21-9-7-19-45(47)52(46-20-8-10-22-48(46)53)37-28-25-36(26-29-37)41-30-27-35-13-3-4-14-38(35)31-41/h3-34H,1-2H3. The van der Waals surface area contributed by atoms with Gasteiger partial charge in [-0.1, -0.05) is 184 Å². The monoisotopic (exact) mass is 698 g/mol. The van der Waals surface area contributed by atoms with Crippen molar-refractivity contribution in [2.75, 3.05) is 0 Å². The topological polar surface area (TPSA) is 0 Å². The summed E-state index contributed by atoms with van der Waals surface area (Å²) in [6.07, 6.45) is 0. The van der Waals surface area contributed by atoms with Gasteiger partial charge in [-0.2, -0.15) is 0 Å². The smallest absolute Gasteiger partial charge is 0.0165 e. The largest absolute Gasteiger partial charge is 0.0616 e. The Balaban J connectivity index is 1.06. The third kappa shape index (κ3) is 4.92. The Morgan fingerprint density at radius 1 is 0.291 bits per heavy atom. The molecular weight excluding hydrogens is 661 g/mol. The van der Waals surface area contributed by atoms with Crippen LogP contribution >= 0.6 is 0 Å². The molecular formula is C55H38. The van der Waals surface area contributed by atoms with Crippen molar-refractivity contribution in [3.63, 3.8) is 0 Å². The molecule has 0 fully saturated rings. The minimum absolute atomic E-state index is 0.133. The van der Waals surface area contributed by atoms with Crippen molar-refractivity contribution in [2.24, 2.45) is 0 Å². The van der Waals surface area contributed by atoms with Gasteiger partial charge in [0, 0.05) is 5.41 Å². The second-order valence-electron chi connectivity index (χ2n) is 15.7. The summed E-state index contributed by atoms with van der Waals surface area (Å²) in [6.45, 7) is 4.79. The first-order valence-corrected chi connectivity index (χ1v) is 19.3. The van der Waals surface area contributed by atoms with E-state index in [0.717, 1.165) is 0 Å². The molecule has 11 rings (SSSR count). The summed E-state index contributed by atoms with van der Waals surface area (Å²) < 4.78 is 0. The molecule has 0 saturated heterocycles. The average Bonchev–Trinajstić information content (AvgIpc) is 3.46. The molecule has 258 valence electrons. The highest BCUT2D eigenvalue weighted by Crippen LogP contribution is 2.53. The van der Waals surface area contributed by atoms with Gasteiger partial charge in [-0.05, 0) is 134 Å². The van der Waals surface area contributed by atoms with Crippen molar-refractivity contribution in [1.29, 1.82) is 0 Å². The summed E-state index contributed by atoms with van der Waals surface area (Å²) in [5.41, 5.74) is 15.4. The van der Waals surface area contributed by atoms with E-state index in [1.165, 1.54) is 110 Å². The zero-order valence-corrected chi connectivity index (χ0v) is 31.0. The van der Waals surface area contributed by atoms with Crippen LogP contribution in [0.4, 0.5) is 0 Å². The van der Waals surface area contributed by atoms with Crippen LogP contribution in [0.15, 0.2) is 194 Å². The van der Waals surface area contributed by atoms with E-state index in [9.17, 15) is 0 Å². The fraction of sp³-hybridized carbons (Fsp3) is 0.0545. The molecule has 0 heterocycles. The second-order valence-corrected chi connectivity index (χ2v) is 15.7. The van der Waals surface area contributed by atoms with Crippen molar-refractivity contribution in [2.45, 2.75) is 19.3 Å². The Hall–Kier alpha value is -6.76. The van der Waals surface area contributed by atoms with E-state index in [-0.39, 0.29) is 5.41 Å². The lowest BCUT2D eigenvalue weighted by atomic mass is 9.78. The van der Waals surface area contributed by atoms with Gasteiger partial charge in [0.25, 0.3) is 0 Å². The summed E-state index contributed by atoms with van der Waals surface area (Å²) in [6, 6.07) is 72.2.